The minimum absolute atomic E-state index is 0.0316. The summed E-state index contributed by atoms with van der Waals surface area (Å²) in [5.74, 6) is 0.127. The fourth-order valence-corrected chi connectivity index (χ4v) is 2.31. The molecule has 0 spiro atoms. The van der Waals surface area contributed by atoms with Gasteiger partial charge in [0.15, 0.2) is 0 Å². The maximum absolute atomic E-state index is 12.1. The van der Waals surface area contributed by atoms with Crippen LogP contribution in [0.3, 0.4) is 0 Å². The van der Waals surface area contributed by atoms with E-state index in [4.69, 9.17) is 11.6 Å². The van der Waals surface area contributed by atoms with Gasteiger partial charge in [0.25, 0.3) is 5.91 Å². The molecular formula is C14H19ClN4O2. The summed E-state index contributed by atoms with van der Waals surface area (Å²) in [4.78, 5) is 34.0. The van der Waals surface area contributed by atoms with E-state index in [1.807, 2.05) is 13.8 Å². The molecule has 7 heteroatoms. The molecule has 1 aromatic heterocycles. The first kappa shape index (κ1) is 15.7. The molecule has 1 aromatic rings. The lowest BCUT2D eigenvalue weighted by molar-refractivity contribution is -0.129. The molecule has 0 unspecified atom stereocenters. The molecular weight excluding hydrogens is 292 g/mol. The van der Waals surface area contributed by atoms with E-state index in [9.17, 15) is 9.59 Å². The molecule has 0 atom stereocenters. The van der Waals surface area contributed by atoms with Crippen molar-refractivity contribution in [3.63, 3.8) is 0 Å². The number of hydrogen-bond acceptors (Lipinski definition) is 4. The minimum atomic E-state index is -0.447. The topological polar surface area (TPSA) is 75.2 Å². The Bertz CT molecular complexity index is 542. The number of amides is 2. The van der Waals surface area contributed by atoms with Crippen LogP contribution in [0.1, 0.15) is 48.9 Å². The van der Waals surface area contributed by atoms with E-state index >= 15 is 0 Å². The predicted octanol–water partition coefficient (Wildman–Crippen LogP) is 1.61. The number of hydrogen-bond donors (Lipinski definition) is 1. The molecule has 114 valence electrons. The van der Waals surface area contributed by atoms with Crippen molar-refractivity contribution in [1.29, 1.82) is 0 Å². The van der Waals surface area contributed by atoms with Crippen LogP contribution in [-0.4, -0.2) is 46.3 Å². The maximum Gasteiger partial charge on any atom is 0.272 e. The van der Waals surface area contributed by atoms with Crippen LogP contribution in [-0.2, 0) is 4.79 Å². The van der Waals surface area contributed by atoms with E-state index in [1.165, 1.54) is 6.20 Å². The zero-order chi connectivity index (χ0) is 15.4. The van der Waals surface area contributed by atoms with E-state index in [0.29, 0.717) is 5.82 Å². The van der Waals surface area contributed by atoms with E-state index < -0.39 is 5.91 Å². The minimum Gasteiger partial charge on any atom is -0.342 e. The van der Waals surface area contributed by atoms with Gasteiger partial charge in [0.2, 0.25) is 5.91 Å². The van der Waals surface area contributed by atoms with Gasteiger partial charge in [-0.25, -0.2) is 9.97 Å². The molecule has 1 aliphatic heterocycles. The van der Waals surface area contributed by atoms with Crippen molar-refractivity contribution < 1.29 is 9.59 Å². The monoisotopic (exact) mass is 310 g/mol. The van der Waals surface area contributed by atoms with Crippen LogP contribution in [0.2, 0.25) is 5.02 Å². The highest BCUT2D eigenvalue weighted by Gasteiger charge is 2.20. The summed E-state index contributed by atoms with van der Waals surface area (Å²) in [6.45, 7) is 5.36. The summed E-state index contributed by atoms with van der Waals surface area (Å²) in [6, 6.07) is 0. The van der Waals surface area contributed by atoms with E-state index in [-0.39, 0.29) is 29.1 Å². The molecule has 1 fully saturated rings. The highest BCUT2D eigenvalue weighted by molar-refractivity contribution is 6.33. The summed E-state index contributed by atoms with van der Waals surface area (Å²) in [7, 11) is 0. The average molecular weight is 311 g/mol. The molecule has 0 aromatic carbocycles. The van der Waals surface area contributed by atoms with Crippen LogP contribution in [0.25, 0.3) is 0 Å². The highest BCUT2D eigenvalue weighted by Crippen LogP contribution is 2.16. The van der Waals surface area contributed by atoms with Gasteiger partial charge < -0.3 is 10.2 Å². The lowest BCUT2D eigenvalue weighted by Gasteiger charge is -2.15. The van der Waals surface area contributed by atoms with Crippen LogP contribution < -0.4 is 5.32 Å². The molecule has 1 saturated heterocycles. The number of nitrogens with zero attached hydrogens (tertiary/aromatic N) is 3. The van der Waals surface area contributed by atoms with Crippen molar-refractivity contribution in [2.24, 2.45) is 0 Å². The molecule has 2 rings (SSSR count). The van der Waals surface area contributed by atoms with Gasteiger partial charge in [-0.1, -0.05) is 25.4 Å². The first-order valence-corrected chi connectivity index (χ1v) is 7.45. The summed E-state index contributed by atoms with van der Waals surface area (Å²) in [5, 5.41) is 2.76. The molecule has 2 amide bonds. The van der Waals surface area contributed by atoms with Crippen LogP contribution in [0, 0.1) is 0 Å². The van der Waals surface area contributed by atoms with Crippen molar-refractivity contribution in [3.8, 4) is 0 Å². The number of halogens is 1. The number of likely N-dealkylation sites (tertiary alicyclic amines) is 1. The van der Waals surface area contributed by atoms with Gasteiger partial charge >= 0.3 is 0 Å². The van der Waals surface area contributed by atoms with Crippen molar-refractivity contribution in [2.45, 2.75) is 32.6 Å². The molecule has 21 heavy (non-hydrogen) atoms. The lowest BCUT2D eigenvalue weighted by Crippen LogP contribution is -2.39. The normalized spacial score (nSPS) is 14.6. The summed E-state index contributed by atoms with van der Waals surface area (Å²) in [6.07, 6.45) is 3.46. The Morgan fingerprint density at radius 3 is 2.67 bits per heavy atom. The zero-order valence-electron chi connectivity index (χ0n) is 12.2. The molecule has 1 N–H and O–H groups in total. The quantitative estimate of drug-likeness (QED) is 0.916. The lowest BCUT2D eigenvalue weighted by atomic mass is 10.2. The van der Waals surface area contributed by atoms with Gasteiger partial charge in [-0.3, -0.25) is 9.59 Å². The number of carbonyl (C=O) groups is 2. The fraction of sp³-hybridized carbons (Fsp3) is 0.571. The Balaban J connectivity index is 1.99. The van der Waals surface area contributed by atoms with Crippen LogP contribution >= 0.6 is 11.6 Å². The van der Waals surface area contributed by atoms with Crippen LogP contribution in [0.5, 0.6) is 0 Å². The SMILES string of the molecule is CC(C)c1ncc(Cl)c(C(=O)NCC(=O)N2CCCC2)n1. The van der Waals surface area contributed by atoms with Crippen LogP contribution in [0.15, 0.2) is 6.20 Å². The fourth-order valence-electron chi connectivity index (χ4n) is 2.14. The van der Waals surface area contributed by atoms with Gasteiger partial charge in [-0.15, -0.1) is 0 Å². The number of carbonyl (C=O) groups excluding carboxylic acids is 2. The molecule has 0 saturated carbocycles. The van der Waals surface area contributed by atoms with E-state index in [2.05, 4.69) is 15.3 Å². The Morgan fingerprint density at radius 1 is 1.38 bits per heavy atom. The van der Waals surface area contributed by atoms with Crippen molar-refractivity contribution in [2.75, 3.05) is 19.6 Å². The summed E-state index contributed by atoms with van der Waals surface area (Å²) >= 11 is 5.96. The first-order valence-electron chi connectivity index (χ1n) is 7.07. The number of rotatable bonds is 4. The molecule has 2 heterocycles. The van der Waals surface area contributed by atoms with Crippen molar-refractivity contribution >= 4 is 23.4 Å². The largest absolute Gasteiger partial charge is 0.342 e. The Hall–Kier alpha value is -1.69. The third-order valence-electron chi connectivity index (χ3n) is 3.35. The van der Waals surface area contributed by atoms with E-state index in [1.54, 1.807) is 4.90 Å². The second kappa shape index (κ2) is 6.85. The van der Waals surface area contributed by atoms with Gasteiger partial charge in [-0.05, 0) is 12.8 Å². The third kappa shape index (κ3) is 3.91. The van der Waals surface area contributed by atoms with Gasteiger partial charge in [0.05, 0.1) is 17.8 Å². The van der Waals surface area contributed by atoms with Gasteiger partial charge in [0, 0.05) is 19.0 Å². The Kier molecular flexibility index (Phi) is 5.12. The van der Waals surface area contributed by atoms with Crippen LogP contribution in [0.4, 0.5) is 0 Å². The highest BCUT2D eigenvalue weighted by atomic mass is 35.5. The maximum atomic E-state index is 12.1. The molecule has 0 bridgehead atoms. The number of aromatic nitrogens is 2. The molecule has 0 aliphatic carbocycles. The van der Waals surface area contributed by atoms with E-state index in [0.717, 1.165) is 25.9 Å². The second-order valence-corrected chi connectivity index (χ2v) is 5.76. The first-order chi connectivity index (χ1) is 9.99. The molecule has 0 radical (unpaired) electrons. The van der Waals surface area contributed by atoms with Crippen molar-refractivity contribution in [1.82, 2.24) is 20.2 Å². The molecule has 6 nitrogen and oxygen atoms in total. The number of nitrogens with one attached hydrogen (secondary N) is 1. The zero-order valence-corrected chi connectivity index (χ0v) is 13.0. The Morgan fingerprint density at radius 2 is 2.05 bits per heavy atom. The molecule has 1 aliphatic rings. The Labute approximate surface area is 128 Å². The summed E-state index contributed by atoms with van der Waals surface area (Å²) < 4.78 is 0. The van der Waals surface area contributed by atoms with Crippen molar-refractivity contribution in [3.05, 3.63) is 22.7 Å². The standard InChI is InChI=1S/C14H19ClN4O2/c1-9(2)13-16-7-10(15)12(18-13)14(21)17-8-11(20)19-5-3-4-6-19/h7,9H,3-6,8H2,1-2H3,(H,17,21). The summed E-state index contributed by atoms with van der Waals surface area (Å²) in [5.41, 5.74) is 0.115. The second-order valence-electron chi connectivity index (χ2n) is 5.35. The van der Waals surface area contributed by atoms with Gasteiger partial charge in [-0.2, -0.15) is 0 Å². The van der Waals surface area contributed by atoms with Gasteiger partial charge in [0.1, 0.15) is 11.5 Å². The smallest absolute Gasteiger partial charge is 0.272 e. The average Bonchev–Trinajstić information content (AvgIpc) is 2.98. The predicted molar refractivity (Wildman–Crippen MR) is 79.3 cm³/mol. The third-order valence-corrected chi connectivity index (χ3v) is 3.63.